The van der Waals surface area contributed by atoms with Gasteiger partial charge < -0.3 is 9.84 Å². The predicted octanol–water partition coefficient (Wildman–Crippen LogP) is 4.54. The molecule has 0 aliphatic carbocycles. The Bertz CT molecular complexity index is 689. The summed E-state index contributed by atoms with van der Waals surface area (Å²) in [6, 6.07) is 13.8. The number of carbonyl (C=O) groups is 1. The van der Waals surface area contributed by atoms with E-state index in [4.69, 9.17) is 4.74 Å². The van der Waals surface area contributed by atoms with Crippen LogP contribution in [0.25, 0.3) is 0 Å². The summed E-state index contributed by atoms with van der Waals surface area (Å²) in [6.07, 6.45) is 0.458. The van der Waals surface area contributed by atoms with Gasteiger partial charge in [0.25, 0.3) is 0 Å². The molecule has 0 spiro atoms. The Kier molecular flexibility index (Phi) is 5.43. The molecule has 0 radical (unpaired) electrons. The van der Waals surface area contributed by atoms with E-state index in [0.29, 0.717) is 18.1 Å². The number of aliphatic carboxylic acids is 1. The maximum Gasteiger partial charge on any atom is 0.311 e. The highest BCUT2D eigenvalue weighted by atomic mass is 16.5. The van der Waals surface area contributed by atoms with Crippen LogP contribution < -0.4 is 4.74 Å². The number of rotatable bonds is 6. The normalized spacial score (nSPS) is 12.2. The molecule has 0 heterocycles. The Balaban J connectivity index is 2.47. The van der Waals surface area contributed by atoms with E-state index in [0.717, 1.165) is 22.3 Å². The van der Waals surface area contributed by atoms with Gasteiger partial charge in [0.15, 0.2) is 0 Å². The Hall–Kier alpha value is -2.29. The molecule has 0 aliphatic rings. The Labute approximate surface area is 137 Å². The van der Waals surface area contributed by atoms with Gasteiger partial charge in [-0.1, -0.05) is 50.2 Å². The molecular weight excluding hydrogens is 288 g/mol. The quantitative estimate of drug-likeness (QED) is 0.852. The van der Waals surface area contributed by atoms with E-state index < -0.39 is 11.9 Å². The monoisotopic (exact) mass is 312 g/mol. The number of carboxylic acid groups (broad SMARTS) is 1. The van der Waals surface area contributed by atoms with Gasteiger partial charge in [-0.15, -0.1) is 0 Å². The van der Waals surface area contributed by atoms with Crippen molar-refractivity contribution in [3.8, 4) is 5.75 Å². The summed E-state index contributed by atoms with van der Waals surface area (Å²) in [7, 11) is 1.58. The highest BCUT2D eigenvalue weighted by Gasteiger charge is 2.25. The Morgan fingerprint density at radius 1 is 1.17 bits per heavy atom. The van der Waals surface area contributed by atoms with Crippen LogP contribution in [0.3, 0.4) is 0 Å². The van der Waals surface area contributed by atoms with E-state index in [9.17, 15) is 9.90 Å². The second kappa shape index (κ2) is 7.32. The fourth-order valence-corrected chi connectivity index (χ4v) is 2.77. The zero-order valence-electron chi connectivity index (χ0n) is 14.2. The molecule has 1 unspecified atom stereocenters. The van der Waals surface area contributed by atoms with Gasteiger partial charge in [0.05, 0.1) is 13.0 Å². The summed E-state index contributed by atoms with van der Waals surface area (Å²) in [5, 5.41) is 9.77. The van der Waals surface area contributed by atoms with Crippen molar-refractivity contribution in [2.75, 3.05) is 7.11 Å². The van der Waals surface area contributed by atoms with Crippen molar-refractivity contribution >= 4 is 5.97 Å². The molecule has 1 N–H and O–H groups in total. The maximum atomic E-state index is 11.9. The summed E-state index contributed by atoms with van der Waals surface area (Å²) in [6.45, 7) is 6.21. The highest BCUT2D eigenvalue weighted by molar-refractivity contribution is 5.78. The van der Waals surface area contributed by atoms with Crippen LogP contribution in [-0.4, -0.2) is 18.2 Å². The first kappa shape index (κ1) is 17.1. The third-order valence-electron chi connectivity index (χ3n) is 4.28. The van der Waals surface area contributed by atoms with Crippen LogP contribution in [0, 0.1) is 6.92 Å². The first-order chi connectivity index (χ1) is 10.9. The van der Waals surface area contributed by atoms with Crippen LogP contribution in [0.2, 0.25) is 0 Å². The van der Waals surface area contributed by atoms with Crippen molar-refractivity contribution < 1.29 is 14.6 Å². The van der Waals surface area contributed by atoms with Crippen molar-refractivity contribution in [2.45, 2.75) is 39.0 Å². The second-order valence-electron chi connectivity index (χ2n) is 6.18. The van der Waals surface area contributed by atoms with E-state index in [1.54, 1.807) is 7.11 Å². The lowest BCUT2D eigenvalue weighted by Gasteiger charge is -2.19. The Morgan fingerprint density at radius 2 is 1.87 bits per heavy atom. The third-order valence-corrected chi connectivity index (χ3v) is 4.28. The average Bonchev–Trinajstić information content (AvgIpc) is 2.53. The number of carboxylic acids is 1. The minimum Gasteiger partial charge on any atom is -0.496 e. The van der Waals surface area contributed by atoms with E-state index in [-0.39, 0.29) is 0 Å². The fraction of sp³-hybridized carbons (Fsp3) is 0.350. The molecule has 0 bridgehead atoms. The lowest BCUT2D eigenvalue weighted by molar-refractivity contribution is -0.138. The number of ether oxygens (including phenoxy) is 1. The third kappa shape index (κ3) is 3.92. The molecule has 0 fully saturated rings. The van der Waals surface area contributed by atoms with Crippen LogP contribution >= 0.6 is 0 Å². The van der Waals surface area contributed by atoms with Crippen molar-refractivity contribution in [1.29, 1.82) is 0 Å². The number of aryl methyl sites for hydroxylation is 1. The predicted molar refractivity (Wildman–Crippen MR) is 92.3 cm³/mol. The van der Waals surface area contributed by atoms with Crippen LogP contribution in [0.5, 0.6) is 5.75 Å². The van der Waals surface area contributed by atoms with Gasteiger partial charge in [-0.25, -0.2) is 0 Å². The SMILES string of the molecule is COc1ccc(C(C)C)cc1C(Cc1ccccc1C)C(=O)O. The molecule has 0 saturated heterocycles. The molecule has 23 heavy (non-hydrogen) atoms. The highest BCUT2D eigenvalue weighted by Crippen LogP contribution is 2.33. The fourth-order valence-electron chi connectivity index (χ4n) is 2.77. The molecule has 2 aromatic carbocycles. The number of methoxy groups -OCH3 is 1. The maximum absolute atomic E-state index is 11.9. The molecule has 0 amide bonds. The van der Waals surface area contributed by atoms with Crippen molar-refractivity contribution in [3.63, 3.8) is 0 Å². The summed E-state index contributed by atoms with van der Waals surface area (Å²) in [4.78, 5) is 11.9. The Morgan fingerprint density at radius 3 is 2.43 bits per heavy atom. The van der Waals surface area contributed by atoms with Gasteiger partial charge in [0.2, 0.25) is 0 Å². The van der Waals surface area contributed by atoms with E-state index in [1.807, 2.05) is 49.4 Å². The first-order valence-corrected chi connectivity index (χ1v) is 7.89. The molecule has 3 heteroatoms. The van der Waals surface area contributed by atoms with Crippen LogP contribution in [-0.2, 0) is 11.2 Å². The first-order valence-electron chi connectivity index (χ1n) is 7.89. The van der Waals surface area contributed by atoms with Gasteiger partial charge in [-0.3, -0.25) is 4.79 Å². The van der Waals surface area contributed by atoms with Crippen LogP contribution in [0.4, 0.5) is 0 Å². The van der Waals surface area contributed by atoms with Gasteiger partial charge in [0, 0.05) is 5.56 Å². The lowest BCUT2D eigenvalue weighted by atomic mass is 9.87. The largest absolute Gasteiger partial charge is 0.496 e. The number of benzene rings is 2. The summed E-state index contributed by atoms with van der Waals surface area (Å²) >= 11 is 0. The van der Waals surface area contributed by atoms with E-state index >= 15 is 0 Å². The van der Waals surface area contributed by atoms with E-state index in [1.165, 1.54) is 0 Å². The molecule has 2 aromatic rings. The van der Waals surface area contributed by atoms with Gasteiger partial charge in [0.1, 0.15) is 5.75 Å². The smallest absolute Gasteiger partial charge is 0.311 e. The van der Waals surface area contributed by atoms with Crippen molar-refractivity contribution in [1.82, 2.24) is 0 Å². The lowest BCUT2D eigenvalue weighted by Crippen LogP contribution is -2.16. The van der Waals surface area contributed by atoms with Gasteiger partial charge >= 0.3 is 5.97 Å². The molecule has 1 atom stereocenters. The summed E-state index contributed by atoms with van der Waals surface area (Å²) in [5.41, 5.74) is 4.03. The van der Waals surface area contributed by atoms with E-state index in [2.05, 4.69) is 13.8 Å². The van der Waals surface area contributed by atoms with Gasteiger partial charge in [-0.2, -0.15) is 0 Å². The zero-order valence-corrected chi connectivity index (χ0v) is 14.2. The summed E-state index contributed by atoms with van der Waals surface area (Å²) in [5.74, 6) is -0.472. The molecule has 0 aliphatic heterocycles. The topological polar surface area (TPSA) is 46.5 Å². The molecular formula is C20H24O3. The minimum absolute atomic E-state index is 0.340. The molecule has 0 saturated carbocycles. The van der Waals surface area contributed by atoms with Crippen molar-refractivity contribution in [2.24, 2.45) is 0 Å². The summed E-state index contributed by atoms with van der Waals surface area (Å²) < 4.78 is 5.42. The van der Waals surface area contributed by atoms with Crippen molar-refractivity contribution in [3.05, 3.63) is 64.7 Å². The van der Waals surface area contributed by atoms with Crippen LogP contribution in [0.15, 0.2) is 42.5 Å². The molecule has 3 nitrogen and oxygen atoms in total. The minimum atomic E-state index is -0.826. The average molecular weight is 312 g/mol. The zero-order chi connectivity index (χ0) is 17.0. The van der Waals surface area contributed by atoms with Gasteiger partial charge in [-0.05, 0) is 42.0 Å². The molecule has 0 aromatic heterocycles. The number of hydrogen-bond acceptors (Lipinski definition) is 2. The molecule has 2 rings (SSSR count). The van der Waals surface area contributed by atoms with Crippen LogP contribution in [0.1, 0.15) is 47.9 Å². The number of hydrogen-bond donors (Lipinski definition) is 1. The molecule has 122 valence electrons. The second-order valence-corrected chi connectivity index (χ2v) is 6.18. The standard InChI is InChI=1S/C20H24O3/c1-13(2)15-9-10-19(23-4)17(11-15)18(20(21)22)12-16-8-6-5-7-14(16)3/h5-11,13,18H,12H2,1-4H3,(H,21,22).